The Morgan fingerprint density at radius 1 is 1.35 bits per heavy atom. The zero-order chi connectivity index (χ0) is 15.7. The number of nitrogens with zero attached hydrogens (tertiary/aromatic N) is 1. The van der Waals surface area contributed by atoms with Gasteiger partial charge in [0.2, 0.25) is 5.91 Å². The van der Waals surface area contributed by atoms with Gasteiger partial charge in [-0.05, 0) is 25.2 Å². The summed E-state index contributed by atoms with van der Waals surface area (Å²) in [6.45, 7) is 4.26. The minimum atomic E-state index is -1.60. The second kappa shape index (κ2) is 9.57. The summed E-state index contributed by atoms with van der Waals surface area (Å²) in [5, 5.41) is 21.0. The van der Waals surface area contributed by atoms with Crippen LogP contribution in [-0.4, -0.2) is 47.6 Å². The molecule has 9 heteroatoms. The first-order valence-corrected chi connectivity index (χ1v) is 6.71. The standard InChI is InChI=1S/C11H26BN5O3/c1-7(2)6-9(12(19)20)17-10(18)8(13)4-3-5-16-11(14)15/h7-9,19-20H,3-6,13H2,1-2H3,(H,17,18)(H4,14,15,16)/t8-,9-/m0/s1. The number of nitrogens with two attached hydrogens (primary N) is 3. The van der Waals surface area contributed by atoms with Crippen molar-refractivity contribution in [2.24, 2.45) is 28.1 Å². The van der Waals surface area contributed by atoms with Crippen LogP contribution in [0.2, 0.25) is 0 Å². The van der Waals surface area contributed by atoms with Crippen molar-refractivity contribution >= 4 is 19.0 Å². The lowest BCUT2D eigenvalue weighted by Crippen LogP contribution is -2.52. The maximum Gasteiger partial charge on any atom is 0.475 e. The summed E-state index contributed by atoms with van der Waals surface area (Å²) in [6.07, 6.45) is 1.45. The van der Waals surface area contributed by atoms with Crippen molar-refractivity contribution in [2.45, 2.75) is 45.1 Å². The number of hydrogen-bond donors (Lipinski definition) is 6. The third-order valence-corrected chi connectivity index (χ3v) is 2.72. The SMILES string of the molecule is CC(C)C[C@H](NC(=O)[C@@H](N)CCCN=C(N)N)B(O)O. The van der Waals surface area contributed by atoms with Crippen molar-refractivity contribution in [3.05, 3.63) is 0 Å². The number of guanidine groups is 1. The lowest BCUT2D eigenvalue weighted by atomic mass is 9.75. The molecule has 0 saturated heterocycles. The Morgan fingerprint density at radius 3 is 2.40 bits per heavy atom. The van der Waals surface area contributed by atoms with Gasteiger partial charge in [-0.25, -0.2) is 0 Å². The molecule has 0 saturated carbocycles. The quantitative estimate of drug-likeness (QED) is 0.123. The van der Waals surface area contributed by atoms with E-state index in [1.807, 2.05) is 13.8 Å². The molecule has 0 rings (SSSR count). The monoisotopic (exact) mass is 287 g/mol. The number of carbonyl (C=O) groups excluding carboxylic acids is 1. The molecular formula is C11H26BN5O3. The molecule has 8 nitrogen and oxygen atoms in total. The molecule has 0 aromatic heterocycles. The molecule has 2 atom stereocenters. The predicted octanol–water partition coefficient (Wildman–Crippen LogP) is -2.09. The molecule has 0 unspecified atom stereocenters. The maximum atomic E-state index is 11.8. The first-order chi connectivity index (χ1) is 9.23. The zero-order valence-electron chi connectivity index (χ0n) is 12.1. The molecule has 9 N–H and O–H groups in total. The van der Waals surface area contributed by atoms with E-state index in [1.165, 1.54) is 0 Å². The first kappa shape index (κ1) is 18.7. The Balaban J connectivity index is 4.18. The van der Waals surface area contributed by atoms with Gasteiger partial charge in [0.1, 0.15) is 0 Å². The fraction of sp³-hybridized carbons (Fsp3) is 0.818. The van der Waals surface area contributed by atoms with E-state index < -0.39 is 25.0 Å². The predicted molar refractivity (Wildman–Crippen MR) is 79.5 cm³/mol. The van der Waals surface area contributed by atoms with Gasteiger partial charge in [-0.1, -0.05) is 13.8 Å². The molecule has 0 heterocycles. The van der Waals surface area contributed by atoms with Gasteiger partial charge in [-0.15, -0.1) is 0 Å². The van der Waals surface area contributed by atoms with Gasteiger partial charge in [-0.2, -0.15) is 0 Å². The summed E-state index contributed by atoms with van der Waals surface area (Å²) in [5.41, 5.74) is 16.1. The molecule has 0 aliphatic rings. The second-order valence-electron chi connectivity index (χ2n) is 5.21. The minimum absolute atomic E-state index is 0.00317. The lowest BCUT2D eigenvalue weighted by molar-refractivity contribution is -0.123. The van der Waals surface area contributed by atoms with E-state index in [4.69, 9.17) is 17.2 Å². The summed E-state index contributed by atoms with van der Waals surface area (Å²) >= 11 is 0. The Kier molecular flexibility index (Phi) is 8.94. The van der Waals surface area contributed by atoms with Crippen LogP contribution in [0.15, 0.2) is 4.99 Å². The molecule has 1 amide bonds. The molecule has 116 valence electrons. The highest BCUT2D eigenvalue weighted by Crippen LogP contribution is 2.06. The normalized spacial score (nSPS) is 13.7. The molecule has 0 spiro atoms. The number of nitrogens with one attached hydrogen (secondary N) is 1. The van der Waals surface area contributed by atoms with Crippen LogP contribution in [-0.2, 0) is 4.79 Å². The fourth-order valence-electron chi connectivity index (χ4n) is 1.70. The third kappa shape index (κ3) is 8.73. The third-order valence-electron chi connectivity index (χ3n) is 2.72. The highest BCUT2D eigenvalue weighted by Gasteiger charge is 2.27. The first-order valence-electron chi connectivity index (χ1n) is 6.71. The van der Waals surface area contributed by atoms with Crippen LogP contribution in [0.3, 0.4) is 0 Å². The maximum absolute atomic E-state index is 11.8. The summed E-state index contributed by atoms with van der Waals surface area (Å²) in [6, 6.07) is -0.724. The summed E-state index contributed by atoms with van der Waals surface area (Å²) in [7, 11) is -1.60. The van der Waals surface area contributed by atoms with E-state index in [2.05, 4.69) is 10.3 Å². The summed E-state index contributed by atoms with van der Waals surface area (Å²) in [5.74, 6) is -0.900. The van der Waals surface area contributed by atoms with Gasteiger partial charge in [0.15, 0.2) is 5.96 Å². The van der Waals surface area contributed by atoms with Gasteiger partial charge in [-0.3, -0.25) is 9.79 Å². The summed E-state index contributed by atoms with van der Waals surface area (Å²) in [4.78, 5) is 15.6. The van der Waals surface area contributed by atoms with Crippen molar-refractivity contribution in [1.82, 2.24) is 5.32 Å². The molecule has 0 aliphatic carbocycles. The molecule has 0 radical (unpaired) electrons. The Hall–Kier alpha value is -1.32. The van der Waals surface area contributed by atoms with Gasteiger partial charge >= 0.3 is 7.12 Å². The van der Waals surface area contributed by atoms with E-state index in [0.717, 1.165) is 0 Å². The van der Waals surface area contributed by atoms with Crippen molar-refractivity contribution in [1.29, 1.82) is 0 Å². The van der Waals surface area contributed by atoms with Gasteiger partial charge in [0, 0.05) is 6.54 Å². The van der Waals surface area contributed by atoms with Gasteiger partial charge in [0.05, 0.1) is 12.0 Å². The highest BCUT2D eigenvalue weighted by atomic mass is 16.4. The van der Waals surface area contributed by atoms with E-state index >= 15 is 0 Å². The van der Waals surface area contributed by atoms with Crippen LogP contribution in [0.4, 0.5) is 0 Å². The molecule has 0 fully saturated rings. The highest BCUT2D eigenvalue weighted by molar-refractivity contribution is 6.43. The topological polar surface area (TPSA) is 160 Å². The van der Waals surface area contributed by atoms with Crippen LogP contribution < -0.4 is 22.5 Å². The van der Waals surface area contributed by atoms with Gasteiger partial charge < -0.3 is 32.6 Å². The number of amides is 1. The van der Waals surface area contributed by atoms with E-state index in [0.29, 0.717) is 25.8 Å². The smallest absolute Gasteiger partial charge is 0.426 e. The van der Waals surface area contributed by atoms with E-state index in [1.54, 1.807) is 0 Å². The summed E-state index contributed by atoms with van der Waals surface area (Å²) < 4.78 is 0. The van der Waals surface area contributed by atoms with Crippen molar-refractivity contribution in [2.75, 3.05) is 6.54 Å². The minimum Gasteiger partial charge on any atom is -0.426 e. The molecule has 20 heavy (non-hydrogen) atoms. The number of aliphatic imine (C=N–C) groups is 1. The fourth-order valence-corrected chi connectivity index (χ4v) is 1.70. The van der Waals surface area contributed by atoms with Crippen molar-refractivity contribution in [3.8, 4) is 0 Å². The number of rotatable bonds is 9. The van der Waals surface area contributed by atoms with Crippen LogP contribution in [0.1, 0.15) is 33.1 Å². The number of carbonyl (C=O) groups is 1. The average molecular weight is 287 g/mol. The molecular weight excluding hydrogens is 261 g/mol. The van der Waals surface area contributed by atoms with E-state index in [-0.39, 0.29) is 11.9 Å². The number of hydrogen-bond acceptors (Lipinski definition) is 5. The van der Waals surface area contributed by atoms with Crippen LogP contribution in [0, 0.1) is 5.92 Å². The lowest BCUT2D eigenvalue weighted by Gasteiger charge is -2.21. The zero-order valence-corrected chi connectivity index (χ0v) is 12.1. The van der Waals surface area contributed by atoms with Crippen LogP contribution in [0.5, 0.6) is 0 Å². The Bertz CT molecular complexity index is 321. The van der Waals surface area contributed by atoms with Crippen molar-refractivity contribution < 1.29 is 14.8 Å². The Morgan fingerprint density at radius 2 is 1.95 bits per heavy atom. The molecule has 0 aliphatic heterocycles. The molecule has 0 aromatic carbocycles. The largest absolute Gasteiger partial charge is 0.475 e. The molecule has 0 aromatic rings. The van der Waals surface area contributed by atoms with Crippen molar-refractivity contribution in [3.63, 3.8) is 0 Å². The molecule has 0 bridgehead atoms. The van der Waals surface area contributed by atoms with Crippen LogP contribution in [0.25, 0.3) is 0 Å². The van der Waals surface area contributed by atoms with Crippen LogP contribution >= 0.6 is 0 Å². The average Bonchev–Trinajstić information content (AvgIpc) is 2.32. The Labute approximate surface area is 119 Å². The second-order valence-corrected chi connectivity index (χ2v) is 5.21. The van der Waals surface area contributed by atoms with E-state index in [9.17, 15) is 14.8 Å². The van der Waals surface area contributed by atoms with Gasteiger partial charge in [0.25, 0.3) is 0 Å².